The first-order valence-electron chi connectivity index (χ1n) is 9.10. The molecule has 11 heteroatoms. The van der Waals surface area contributed by atoms with E-state index in [0.29, 0.717) is 29.9 Å². The first-order chi connectivity index (χ1) is 14.5. The Morgan fingerprint density at radius 1 is 1.33 bits per heavy atom. The second-order valence-electron chi connectivity index (χ2n) is 6.65. The Morgan fingerprint density at radius 2 is 2.17 bits per heavy atom. The molecule has 10 nitrogen and oxygen atoms in total. The highest BCUT2D eigenvalue weighted by atomic mass is 19.1. The lowest BCUT2D eigenvalue weighted by Gasteiger charge is -2.26. The Balaban J connectivity index is 1.48. The molecule has 1 aliphatic heterocycles. The minimum absolute atomic E-state index is 0.0984. The van der Waals surface area contributed by atoms with Gasteiger partial charge in [-0.2, -0.15) is 0 Å². The summed E-state index contributed by atoms with van der Waals surface area (Å²) in [7, 11) is 0. The van der Waals surface area contributed by atoms with Gasteiger partial charge < -0.3 is 15.1 Å². The number of furan rings is 1. The number of halogens is 1. The van der Waals surface area contributed by atoms with E-state index in [4.69, 9.17) is 10.2 Å². The van der Waals surface area contributed by atoms with Gasteiger partial charge in [0, 0.05) is 31.3 Å². The van der Waals surface area contributed by atoms with Crippen molar-refractivity contribution in [2.45, 2.75) is 13.0 Å². The maximum absolute atomic E-state index is 14.7. The van der Waals surface area contributed by atoms with Gasteiger partial charge in [-0.1, -0.05) is 11.3 Å². The van der Waals surface area contributed by atoms with Crippen molar-refractivity contribution >= 4 is 17.4 Å². The second-order valence-corrected chi connectivity index (χ2v) is 6.65. The highest BCUT2D eigenvalue weighted by Gasteiger charge is 2.25. The molecule has 2 aromatic heterocycles. The highest BCUT2D eigenvalue weighted by Crippen LogP contribution is 2.27. The molecule has 0 unspecified atom stereocenters. The predicted octanol–water partition coefficient (Wildman–Crippen LogP) is 2.30. The molecular weight excluding hydrogens is 395 g/mol. The number of hydrogen-bond acceptors (Lipinski definition) is 7. The monoisotopic (exact) mass is 412 g/mol. The fourth-order valence-corrected chi connectivity index (χ4v) is 3.22. The summed E-state index contributed by atoms with van der Waals surface area (Å²) in [4.78, 5) is 23.9. The number of amides is 1. The fraction of sp³-hybridized carbons (Fsp3) is 0.211. The van der Waals surface area contributed by atoms with Crippen LogP contribution in [0, 0.1) is 15.9 Å². The topological polar surface area (TPSA) is 133 Å². The number of carbonyl (C=O) groups excluding carboxylic acids is 1. The van der Waals surface area contributed by atoms with Gasteiger partial charge in [-0.25, -0.2) is 9.07 Å². The van der Waals surface area contributed by atoms with Crippen LogP contribution in [0.1, 0.15) is 28.2 Å². The van der Waals surface area contributed by atoms with Crippen molar-refractivity contribution in [2.24, 2.45) is 5.73 Å². The lowest BCUT2D eigenvalue weighted by Crippen LogP contribution is -2.34. The summed E-state index contributed by atoms with van der Waals surface area (Å²) in [6.07, 6.45) is 3.83. The third-order valence-electron chi connectivity index (χ3n) is 4.79. The van der Waals surface area contributed by atoms with Gasteiger partial charge >= 0.3 is 5.88 Å². The molecule has 0 aliphatic carbocycles. The summed E-state index contributed by atoms with van der Waals surface area (Å²) in [5.74, 6) is -1.44. The summed E-state index contributed by atoms with van der Waals surface area (Å²) in [6, 6.07) is 7.17. The van der Waals surface area contributed by atoms with Crippen LogP contribution in [0.4, 0.5) is 10.3 Å². The van der Waals surface area contributed by atoms with E-state index in [0.717, 1.165) is 11.6 Å². The van der Waals surface area contributed by atoms with Crippen molar-refractivity contribution in [2.75, 3.05) is 13.1 Å². The average Bonchev–Trinajstić information content (AvgIpc) is 3.43. The molecular formula is C19H17FN6O4. The summed E-state index contributed by atoms with van der Waals surface area (Å²) in [5, 5.41) is 18.5. The SMILES string of the molecule is NCc1cn(-c2ccc(C3=CCN(C(=O)c4ccc([N+](=O)[O-])o4)CC3)c(F)c2)nn1. The van der Waals surface area contributed by atoms with Gasteiger partial charge in [-0.15, -0.1) is 5.10 Å². The van der Waals surface area contributed by atoms with Crippen LogP contribution in [0.15, 0.2) is 47.0 Å². The number of carbonyl (C=O) groups is 1. The van der Waals surface area contributed by atoms with E-state index in [1.807, 2.05) is 0 Å². The number of nitro groups is 1. The van der Waals surface area contributed by atoms with Crippen molar-refractivity contribution in [3.8, 4) is 5.69 Å². The Labute approximate surface area is 169 Å². The molecule has 4 rings (SSSR count). The zero-order chi connectivity index (χ0) is 21.3. The average molecular weight is 412 g/mol. The van der Waals surface area contributed by atoms with E-state index in [2.05, 4.69) is 10.3 Å². The third kappa shape index (κ3) is 3.70. The number of aromatic nitrogens is 3. The predicted molar refractivity (Wildman–Crippen MR) is 103 cm³/mol. The zero-order valence-electron chi connectivity index (χ0n) is 15.7. The highest BCUT2D eigenvalue weighted by molar-refractivity contribution is 5.92. The fourth-order valence-electron chi connectivity index (χ4n) is 3.22. The smallest absolute Gasteiger partial charge is 0.395 e. The van der Waals surface area contributed by atoms with Gasteiger partial charge in [0.2, 0.25) is 0 Å². The summed E-state index contributed by atoms with van der Waals surface area (Å²) >= 11 is 0. The van der Waals surface area contributed by atoms with E-state index in [1.54, 1.807) is 24.4 Å². The van der Waals surface area contributed by atoms with Gasteiger partial charge in [0.05, 0.1) is 23.6 Å². The third-order valence-corrected chi connectivity index (χ3v) is 4.79. The van der Waals surface area contributed by atoms with E-state index in [1.165, 1.54) is 21.7 Å². The van der Waals surface area contributed by atoms with Gasteiger partial charge in [0.15, 0.2) is 5.76 Å². The molecule has 0 bridgehead atoms. The van der Waals surface area contributed by atoms with E-state index in [-0.39, 0.29) is 18.8 Å². The molecule has 154 valence electrons. The minimum atomic E-state index is -0.701. The van der Waals surface area contributed by atoms with Crippen LogP contribution in [-0.4, -0.2) is 43.8 Å². The van der Waals surface area contributed by atoms with Crippen LogP contribution >= 0.6 is 0 Å². The normalized spacial score (nSPS) is 13.9. The van der Waals surface area contributed by atoms with Gasteiger partial charge in [-0.05, 0) is 30.2 Å². The molecule has 30 heavy (non-hydrogen) atoms. The number of nitrogens with zero attached hydrogens (tertiary/aromatic N) is 5. The molecule has 3 aromatic rings. The molecule has 1 amide bonds. The van der Waals surface area contributed by atoms with Crippen LogP contribution in [0.2, 0.25) is 0 Å². The van der Waals surface area contributed by atoms with Gasteiger partial charge in [0.25, 0.3) is 5.91 Å². The second kappa shape index (κ2) is 7.87. The lowest BCUT2D eigenvalue weighted by molar-refractivity contribution is -0.402. The molecule has 3 heterocycles. The van der Waals surface area contributed by atoms with Gasteiger partial charge in [0.1, 0.15) is 10.7 Å². The Kier molecular flexibility index (Phi) is 5.11. The first-order valence-corrected chi connectivity index (χ1v) is 9.10. The first kappa shape index (κ1) is 19.5. The van der Waals surface area contributed by atoms with E-state index in [9.17, 15) is 19.3 Å². The molecule has 1 aliphatic rings. The quantitative estimate of drug-likeness (QED) is 0.502. The van der Waals surface area contributed by atoms with Crippen LogP contribution in [-0.2, 0) is 6.54 Å². The van der Waals surface area contributed by atoms with Crippen molar-refractivity contribution in [1.82, 2.24) is 19.9 Å². The van der Waals surface area contributed by atoms with E-state index < -0.39 is 22.5 Å². The molecule has 0 saturated carbocycles. The number of nitrogens with two attached hydrogens (primary N) is 1. The number of hydrogen-bond donors (Lipinski definition) is 1. The maximum Gasteiger partial charge on any atom is 0.433 e. The number of rotatable bonds is 5. The molecule has 0 spiro atoms. The summed E-state index contributed by atoms with van der Waals surface area (Å²) < 4.78 is 21.1. The van der Waals surface area contributed by atoms with E-state index >= 15 is 0 Å². The Morgan fingerprint density at radius 3 is 2.77 bits per heavy atom. The Hall–Kier alpha value is -3.86. The largest absolute Gasteiger partial charge is 0.433 e. The van der Waals surface area contributed by atoms with Crippen LogP contribution in [0.3, 0.4) is 0 Å². The van der Waals surface area contributed by atoms with Crippen LogP contribution in [0.5, 0.6) is 0 Å². The molecule has 0 atom stereocenters. The van der Waals surface area contributed by atoms with Crippen molar-refractivity contribution in [3.63, 3.8) is 0 Å². The molecule has 0 fully saturated rings. The zero-order valence-corrected chi connectivity index (χ0v) is 15.7. The van der Waals surface area contributed by atoms with Gasteiger partial charge in [-0.3, -0.25) is 14.9 Å². The molecule has 1 aromatic carbocycles. The van der Waals surface area contributed by atoms with Crippen molar-refractivity contribution < 1.29 is 18.5 Å². The molecule has 0 radical (unpaired) electrons. The van der Waals surface area contributed by atoms with Crippen molar-refractivity contribution in [3.05, 3.63) is 75.6 Å². The Bertz CT molecular complexity index is 1150. The van der Waals surface area contributed by atoms with Crippen LogP contribution in [0.25, 0.3) is 11.3 Å². The van der Waals surface area contributed by atoms with Crippen LogP contribution < -0.4 is 5.73 Å². The number of benzene rings is 1. The van der Waals surface area contributed by atoms with Crippen molar-refractivity contribution in [1.29, 1.82) is 0 Å². The maximum atomic E-state index is 14.7. The molecule has 2 N–H and O–H groups in total. The minimum Gasteiger partial charge on any atom is -0.395 e. The summed E-state index contributed by atoms with van der Waals surface area (Å²) in [6.45, 7) is 0.824. The standard InChI is InChI=1S/C19H17FN6O4/c20-16-9-14(25-11-13(10-21)22-23-25)1-2-15(16)12-5-7-24(8-6-12)19(27)17-3-4-18(30-17)26(28)29/h1-5,9,11H,6-8,10,21H2. The molecule has 0 saturated heterocycles. The lowest BCUT2D eigenvalue weighted by atomic mass is 9.98. The summed E-state index contributed by atoms with van der Waals surface area (Å²) in [5.41, 5.74) is 7.85.